The van der Waals surface area contributed by atoms with Gasteiger partial charge in [0.15, 0.2) is 0 Å². The van der Waals surface area contributed by atoms with Crippen LogP contribution in [0.2, 0.25) is 5.02 Å². The van der Waals surface area contributed by atoms with E-state index in [2.05, 4.69) is 0 Å². The first-order chi connectivity index (χ1) is 9.99. The van der Waals surface area contributed by atoms with Crippen molar-refractivity contribution < 1.29 is 18.8 Å². The van der Waals surface area contributed by atoms with Gasteiger partial charge in [0.05, 0.1) is 15.5 Å². The Labute approximate surface area is 124 Å². The van der Waals surface area contributed by atoms with Gasteiger partial charge in [0.2, 0.25) is 5.82 Å². The van der Waals surface area contributed by atoms with Crippen molar-refractivity contribution in [2.75, 3.05) is 0 Å². The molecule has 7 heteroatoms. The molecule has 0 heterocycles. The molecule has 2 aromatic carbocycles. The number of benzene rings is 2. The van der Waals surface area contributed by atoms with Crippen LogP contribution in [0.4, 0.5) is 10.1 Å². The van der Waals surface area contributed by atoms with Gasteiger partial charge < -0.3 is 4.74 Å². The summed E-state index contributed by atoms with van der Waals surface area (Å²) in [5.41, 5.74) is -0.328. The van der Waals surface area contributed by atoms with E-state index in [0.717, 1.165) is 17.7 Å². The molecule has 108 valence electrons. The SMILES string of the molecule is O=C(OCc1ccccc1)c1cc([N+](=O)[O-])c(F)cc1Cl. The van der Waals surface area contributed by atoms with Crippen LogP contribution in [0.25, 0.3) is 0 Å². The Morgan fingerprint density at radius 3 is 2.57 bits per heavy atom. The Balaban J connectivity index is 2.19. The number of nitrogens with zero attached hydrogens (tertiary/aromatic N) is 1. The maximum absolute atomic E-state index is 13.3. The van der Waals surface area contributed by atoms with Gasteiger partial charge >= 0.3 is 11.7 Å². The van der Waals surface area contributed by atoms with Gasteiger partial charge in [-0.1, -0.05) is 41.9 Å². The van der Waals surface area contributed by atoms with E-state index >= 15 is 0 Å². The molecule has 0 N–H and O–H groups in total. The van der Waals surface area contributed by atoms with Crippen LogP contribution in [0.3, 0.4) is 0 Å². The summed E-state index contributed by atoms with van der Waals surface area (Å²) in [7, 11) is 0. The van der Waals surface area contributed by atoms with Gasteiger partial charge in [-0.2, -0.15) is 4.39 Å². The maximum atomic E-state index is 13.3. The monoisotopic (exact) mass is 309 g/mol. The molecule has 0 fully saturated rings. The fourth-order valence-corrected chi connectivity index (χ4v) is 1.86. The molecule has 2 aromatic rings. The lowest BCUT2D eigenvalue weighted by Crippen LogP contribution is -2.07. The quantitative estimate of drug-likeness (QED) is 0.490. The molecule has 0 radical (unpaired) electrons. The number of carbonyl (C=O) groups is 1. The third kappa shape index (κ3) is 3.55. The number of rotatable bonds is 4. The third-order valence-corrected chi connectivity index (χ3v) is 2.98. The molecule has 0 aromatic heterocycles. The number of hydrogen-bond donors (Lipinski definition) is 0. The Hall–Kier alpha value is -2.47. The number of esters is 1. The van der Waals surface area contributed by atoms with Gasteiger partial charge in [0.1, 0.15) is 6.61 Å². The number of carbonyl (C=O) groups excluding carboxylic acids is 1. The van der Waals surface area contributed by atoms with Crippen LogP contribution in [0.15, 0.2) is 42.5 Å². The topological polar surface area (TPSA) is 69.4 Å². The Morgan fingerprint density at radius 2 is 1.95 bits per heavy atom. The first kappa shape index (κ1) is 14.9. The lowest BCUT2D eigenvalue weighted by Gasteiger charge is -2.06. The van der Waals surface area contributed by atoms with E-state index in [1.807, 2.05) is 6.07 Å². The van der Waals surface area contributed by atoms with Crippen LogP contribution in [-0.2, 0) is 11.3 Å². The molecule has 0 saturated carbocycles. The molecule has 0 atom stereocenters. The Bertz CT molecular complexity index is 691. The minimum atomic E-state index is -1.11. The second kappa shape index (κ2) is 6.32. The zero-order chi connectivity index (χ0) is 15.4. The summed E-state index contributed by atoms with van der Waals surface area (Å²) in [4.78, 5) is 21.6. The third-order valence-electron chi connectivity index (χ3n) is 2.67. The second-order valence-electron chi connectivity index (χ2n) is 4.10. The van der Waals surface area contributed by atoms with Crippen molar-refractivity contribution in [3.8, 4) is 0 Å². The first-order valence-electron chi connectivity index (χ1n) is 5.83. The van der Waals surface area contributed by atoms with Gasteiger partial charge in [-0.15, -0.1) is 0 Å². The van der Waals surface area contributed by atoms with E-state index in [9.17, 15) is 19.3 Å². The highest BCUT2D eigenvalue weighted by molar-refractivity contribution is 6.33. The molecule has 0 saturated heterocycles. The average Bonchev–Trinajstić information content (AvgIpc) is 2.45. The highest BCUT2D eigenvalue weighted by atomic mass is 35.5. The van der Waals surface area contributed by atoms with Crippen molar-refractivity contribution in [2.24, 2.45) is 0 Å². The normalized spacial score (nSPS) is 10.2. The van der Waals surface area contributed by atoms with Crippen LogP contribution < -0.4 is 0 Å². The number of hydrogen-bond acceptors (Lipinski definition) is 4. The van der Waals surface area contributed by atoms with Crippen molar-refractivity contribution in [1.29, 1.82) is 0 Å². The molecule has 0 aliphatic heterocycles. The summed E-state index contributed by atoms with van der Waals surface area (Å²) < 4.78 is 18.3. The molecule has 5 nitrogen and oxygen atoms in total. The highest BCUT2D eigenvalue weighted by Gasteiger charge is 2.22. The molecule has 0 amide bonds. The fourth-order valence-electron chi connectivity index (χ4n) is 1.63. The summed E-state index contributed by atoms with van der Waals surface area (Å²) in [6.07, 6.45) is 0. The van der Waals surface area contributed by atoms with E-state index in [1.54, 1.807) is 24.3 Å². The molecular weight excluding hydrogens is 301 g/mol. The van der Waals surface area contributed by atoms with Crippen LogP contribution in [0.1, 0.15) is 15.9 Å². The Kier molecular flexibility index (Phi) is 4.49. The molecule has 0 spiro atoms. The van der Waals surface area contributed by atoms with E-state index in [0.29, 0.717) is 0 Å². The summed E-state index contributed by atoms with van der Waals surface area (Å²) in [5.74, 6) is -1.96. The van der Waals surface area contributed by atoms with Gasteiger partial charge in [-0.25, -0.2) is 4.79 Å². The number of halogens is 2. The smallest absolute Gasteiger partial charge is 0.340 e. The first-order valence-corrected chi connectivity index (χ1v) is 6.21. The molecule has 0 aliphatic carbocycles. The predicted octanol–water partition coefficient (Wildman–Crippen LogP) is 3.74. The van der Waals surface area contributed by atoms with Crippen LogP contribution in [0, 0.1) is 15.9 Å². The van der Waals surface area contributed by atoms with Gasteiger partial charge in [0, 0.05) is 12.1 Å². The average molecular weight is 310 g/mol. The molecule has 0 aliphatic rings. The lowest BCUT2D eigenvalue weighted by molar-refractivity contribution is -0.387. The van der Waals surface area contributed by atoms with Crippen molar-refractivity contribution in [1.82, 2.24) is 0 Å². The fraction of sp³-hybridized carbons (Fsp3) is 0.0714. The lowest BCUT2D eigenvalue weighted by atomic mass is 10.2. The highest BCUT2D eigenvalue weighted by Crippen LogP contribution is 2.26. The van der Waals surface area contributed by atoms with E-state index in [4.69, 9.17) is 16.3 Å². The minimum absolute atomic E-state index is 0.0127. The molecule has 2 rings (SSSR count). The number of nitro groups is 1. The maximum Gasteiger partial charge on any atom is 0.340 e. The van der Waals surface area contributed by atoms with Crippen LogP contribution >= 0.6 is 11.6 Å². The van der Waals surface area contributed by atoms with Crippen molar-refractivity contribution >= 4 is 23.3 Å². The summed E-state index contributed by atoms with van der Waals surface area (Å²) in [5, 5.41) is 10.4. The summed E-state index contributed by atoms with van der Waals surface area (Å²) >= 11 is 5.72. The van der Waals surface area contributed by atoms with Crippen LogP contribution in [-0.4, -0.2) is 10.9 Å². The van der Waals surface area contributed by atoms with Crippen molar-refractivity contribution in [2.45, 2.75) is 6.61 Å². The molecule has 0 unspecified atom stereocenters. The van der Waals surface area contributed by atoms with E-state index in [-0.39, 0.29) is 17.2 Å². The summed E-state index contributed by atoms with van der Waals surface area (Å²) in [6, 6.07) is 10.4. The van der Waals surface area contributed by atoms with Gasteiger partial charge in [0.25, 0.3) is 0 Å². The van der Waals surface area contributed by atoms with Crippen molar-refractivity contribution in [3.05, 3.63) is 74.5 Å². The molecule has 0 bridgehead atoms. The summed E-state index contributed by atoms with van der Waals surface area (Å²) in [6.45, 7) is -0.0127. The second-order valence-corrected chi connectivity index (χ2v) is 4.51. The number of nitro benzene ring substituents is 1. The Morgan fingerprint density at radius 1 is 1.29 bits per heavy atom. The standard InChI is InChI=1S/C14H9ClFNO4/c15-11-7-12(16)13(17(19)20)6-10(11)14(18)21-8-9-4-2-1-3-5-9/h1-7H,8H2. The van der Waals surface area contributed by atoms with Gasteiger partial charge in [-0.3, -0.25) is 10.1 Å². The zero-order valence-electron chi connectivity index (χ0n) is 10.6. The minimum Gasteiger partial charge on any atom is -0.457 e. The number of ether oxygens (including phenoxy) is 1. The zero-order valence-corrected chi connectivity index (χ0v) is 11.3. The largest absolute Gasteiger partial charge is 0.457 e. The molecule has 21 heavy (non-hydrogen) atoms. The van der Waals surface area contributed by atoms with Crippen molar-refractivity contribution in [3.63, 3.8) is 0 Å². The predicted molar refractivity (Wildman–Crippen MR) is 73.6 cm³/mol. The van der Waals surface area contributed by atoms with Gasteiger partial charge in [-0.05, 0) is 5.56 Å². The van der Waals surface area contributed by atoms with E-state index in [1.165, 1.54) is 0 Å². The molecular formula is C14H9ClFNO4. The van der Waals surface area contributed by atoms with Crippen LogP contribution in [0.5, 0.6) is 0 Å². The van der Waals surface area contributed by atoms with E-state index < -0.39 is 22.4 Å².